The van der Waals surface area contributed by atoms with Crippen LogP contribution in [0.2, 0.25) is 0 Å². The summed E-state index contributed by atoms with van der Waals surface area (Å²) in [6.07, 6.45) is 1.66. The number of ether oxygens (including phenoxy) is 1. The van der Waals surface area contributed by atoms with Gasteiger partial charge in [0.05, 0.1) is 29.3 Å². The first-order valence-corrected chi connectivity index (χ1v) is 12.1. The highest BCUT2D eigenvalue weighted by molar-refractivity contribution is 7.15. The van der Waals surface area contributed by atoms with Crippen molar-refractivity contribution >= 4 is 23.3 Å². The van der Waals surface area contributed by atoms with E-state index in [1.165, 1.54) is 5.56 Å². The Morgan fingerprint density at radius 2 is 1.91 bits per heavy atom. The van der Waals surface area contributed by atoms with Gasteiger partial charge in [-0.1, -0.05) is 29.8 Å². The smallest absolute Gasteiger partial charge is 0.262 e. The van der Waals surface area contributed by atoms with Crippen molar-refractivity contribution in [3.8, 4) is 16.6 Å². The normalized spacial score (nSPS) is 13.4. The molecule has 0 fully saturated rings. The van der Waals surface area contributed by atoms with Crippen LogP contribution in [0.5, 0.6) is 0 Å². The van der Waals surface area contributed by atoms with Gasteiger partial charge in [-0.05, 0) is 59.2 Å². The van der Waals surface area contributed by atoms with Crippen LogP contribution in [0.4, 0.5) is 0 Å². The first-order valence-electron chi connectivity index (χ1n) is 11.3. The van der Waals surface area contributed by atoms with Crippen molar-refractivity contribution in [1.29, 1.82) is 5.26 Å². The predicted molar refractivity (Wildman–Crippen MR) is 138 cm³/mol. The number of aromatic nitrogens is 2. The maximum atomic E-state index is 13.0. The Kier molecular flexibility index (Phi) is 8.08. The van der Waals surface area contributed by atoms with Gasteiger partial charge in [-0.3, -0.25) is 4.79 Å². The lowest BCUT2D eigenvalue weighted by atomic mass is 10.1. The number of carbonyl (C=O) groups is 1. The number of hydrogen-bond acceptors (Lipinski definition) is 5. The Labute approximate surface area is 205 Å². The fourth-order valence-electron chi connectivity index (χ4n) is 4.22. The summed E-state index contributed by atoms with van der Waals surface area (Å²) in [7, 11) is 1.68. The second kappa shape index (κ2) is 10.8. The summed E-state index contributed by atoms with van der Waals surface area (Å²) in [5.41, 5.74) is 6.12. The molecule has 0 spiro atoms. The second-order valence-electron chi connectivity index (χ2n) is 8.70. The summed E-state index contributed by atoms with van der Waals surface area (Å²) in [6.45, 7) is 12.6. The molecule has 0 aliphatic heterocycles. The fourth-order valence-corrected chi connectivity index (χ4v) is 5.29. The van der Waals surface area contributed by atoms with E-state index >= 15 is 0 Å². The molecule has 0 radical (unpaired) electrons. The van der Waals surface area contributed by atoms with Gasteiger partial charge in [-0.2, -0.15) is 5.26 Å². The second-order valence-corrected chi connectivity index (χ2v) is 9.73. The van der Waals surface area contributed by atoms with Gasteiger partial charge in [0.2, 0.25) is 0 Å². The minimum atomic E-state index is -0.394. The van der Waals surface area contributed by atoms with Gasteiger partial charge >= 0.3 is 0 Å². The Morgan fingerprint density at radius 3 is 2.53 bits per heavy atom. The number of hydrogen-bond donors (Lipinski definition) is 1. The Bertz CT molecular complexity index is 1240. The molecule has 2 unspecified atom stereocenters. The summed E-state index contributed by atoms with van der Waals surface area (Å²) >= 11 is 1.56. The lowest BCUT2D eigenvalue weighted by Gasteiger charge is -2.17. The summed E-state index contributed by atoms with van der Waals surface area (Å²) in [5.74, 6) is -0.394. The molecule has 3 rings (SSSR count). The zero-order valence-electron chi connectivity index (χ0n) is 20.9. The summed E-state index contributed by atoms with van der Waals surface area (Å²) < 4.78 is 7.46. The molecule has 3 aromatic rings. The first kappa shape index (κ1) is 25.4. The van der Waals surface area contributed by atoms with E-state index in [1.54, 1.807) is 24.5 Å². The van der Waals surface area contributed by atoms with Gasteiger partial charge in [0.25, 0.3) is 5.91 Å². The van der Waals surface area contributed by atoms with E-state index in [1.807, 2.05) is 33.8 Å². The van der Waals surface area contributed by atoms with E-state index in [2.05, 4.69) is 54.1 Å². The van der Waals surface area contributed by atoms with Crippen LogP contribution in [0.3, 0.4) is 0 Å². The number of methoxy groups -OCH3 is 1. The molecule has 0 saturated heterocycles. The van der Waals surface area contributed by atoms with Crippen LogP contribution < -0.4 is 5.32 Å². The lowest BCUT2D eigenvalue weighted by molar-refractivity contribution is -0.117. The van der Waals surface area contributed by atoms with Crippen molar-refractivity contribution in [2.24, 2.45) is 0 Å². The molecule has 7 heteroatoms. The highest BCUT2D eigenvalue weighted by atomic mass is 32.1. The molecule has 34 heavy (non-hydrogen) atoms. The molecule has 0 saturated carbocycles. The van der Waals surface area contributed by atoms with Crippen molar-refractivity contribution < 1.29 is 9.53 Å². The molecule has 0 bridgehead atoms. The number of nitriles is 1. The Hall–Kier alpha value is -3.21. The van der Waals surface area contributed by atoms with Crippen LogP contribution in [-0.4, -0.2) is 29.2 Å². The highest BCUT2D eigenvalue weighted by Crippen LogP contribution is 2.32. The van der Waals surface area contributed by atoms with E-state index in [4.69, 9.17) is 9.72 Å². The molecule has 6 nitrogen and oxygen atoms in total. The minimum Gasteiger partial charge on any atom is -0.383 e. The van der Waals surface area contributed by atoms with E-state index in [0.717, 1.165) is 38.1 Å². The van der Waals surface area contributed by atoms with Crippen molar-refractivity contribution in [3.05, 3.63) is 69.0 Å². The third kappa shape index (κ3) is 5.46. The van der Waals surface area contributed by atoms with Gasteiger partial charge in [0.1, 0.15) is 16.6 Å². The number of rotatable bonds is 8. The lowest BCUT2D eigenvalue weighted by Crippen LogP contribution is -2.27. The van der Waals surface area contributed by atoms with E-state index in [9.17, 15) is 10.1 Å². The zero-order valence-corrected chi connectivity index (χ0v) is 21.7. The molecule has 1 aromatic carbocycles. The van der Waals surface area contributed by atoms with Gasteiger partial charge in [-0.25, -0.2) is 4.98 Å². The molecule has 2 aromatic heterocycles. The van der Waals surface area contributed by atoms with Gasteiger partial charge in [-0.15, -0.1) is 11.3 Å². The predicted octanol–water partition coefficient (Wildman–Crippen LogP) is 5.84. The monoisotopic (exact) mass is 476 g/mol. The number of thiazole rings is 1. The van der Waals surface area contributed by atoms with Crippen LogP contribution in [-0.2, 0) is 9.53 Å². The van der Waals surface area contributed by atoms with E-state index in [-0.39, 0.29) is 17.7 Å². The van der Waals surface area contributed by atoms with Crippen LogP contribution in [0.25, 0.3) is 16.6 Å². The number of amides is 1. The summed E-state index contributed by atoms with van der Waals surface area (Å²) in [4.78, 5) is 18.7. The standard InChI is InChI=1S/C27H32N4O2S/c1-16-8-10-22(11-9-16)27-30-20(5)25(34-27)19(4)29-26(32)24(14-28)13-23-12-17(2)31(21(23)6)18(3)15-33-7/h8-13,18-19H,15H2,1-7H3,(H,29,32). The van der Waals surface area contributed by atoms with Crippen molar-refractivity contribution in [2.75, 3.05) is 13.7 Å². The van der Waals surface area contributed by atoms with E-state index < -0.39 is 5.91 Å². The number of carbonyl (C=O) groups excluding carboxylic acids is 1. The van der Waals surface area contributed by atoms with E-state index in [0.29, 0.717) is 6.61 Å². The van der Waals surface area contributed by atoms with Crippen molar-refractivity contribution in [3.63, 3.8) is 0 Å². The average molecular weight is 477 g/mol. The zero-order chi connectivity index (χ0) is 25.0. The maximum absolute atomic E-state index is 13.0. The minimum absolute atomic E-state index is 0.0763. The third-order valence-electron chi connectivity index (χ3n) is 5.91. The molecular weight excluding hydrogens is 444 g/mol. The van der Waals surface area contributed by atoms with Crippen molar-refractivity contribution in [2.45, 2.75) is 53.6 Å². The molecule has 178 valence electrons. The molecule has 2 heterocycles. The van der Waals surface area contributed by atoms with Crippen LogP contribution in [0.1, 0.15) is 59.0 Å². The Balaban J connectivity index is 1.81. The number of benzene rings is 1. The van der Waals surface area contributed by atoms with Crippen LogP contribution >= 0.6 is 11.3 Å². The number of nitrogens with zero attached hydrogens (tertiary/aromatic N) is 3. The number of nitrogens with one attached hydrogen (secondary N) is 1. The molecule has 1 amide bonds. The largest absolute Gasteiger partial charge is 0.383 e. The van der Waals surface area contributed by atoms with Gasteiger partial charge in [0.15, 0.2) is 0 Å². The SMILES string of the molecule is COCC(C)n1c(C)cc(C=C(C#N)C(=O)NC(C)c2sc(-c3ccc(C)cc3)nc2C)c1C. The maximum Gasteiger partial charge on any atom is 0.262 e. The fraction of sp³-hybridized carbons (Fsp3) is 0.370. The molecule has 2 atom stereocenters. The third-order valence-corrected chi connectivity index (χ3v) is 7.30. The number of aryl methyl sites for hydroxylation is 3. The average Bonchev–Trinajstić information content (AvgIpc) is 3.31. The van der Waals surface area contributed by atoms with Crippen LogP contribution in [0.15, 0.2) is 35.9 Å². The Morgan fingerprint density at radius 1 is 1.24 bits per heavy atom. The van der Waals surface area contributed by atoms with Gasteiger partial charge in [0, 0.05) is 24.1 Å². The van der Waals surface area contributed by atoms with Crippen molar-refractivity contribution in [1.82, 2.24) is 14.9 Å². The molecule has 1 N–H and O–H groups in total. The van der Waals surface area contributed by atoms with Gasteiger partial charge < -0.3 is 14.6 Å². The first-order chi connectivity index (χ1) is 16.2. The van der Waals surface area contributed by atoms with Crippen LogP contribution in [0, 0.1) is 39.0 Å². The quantitative estimate of drug-likeness (QED) is 0.327. The summed E-state index contributed by atoms with van der Waals surface area (Å²) in [5, 5.41) is 13.6. The molecule has 0 aliphatic carbocycles. The molecular formula is C27H32N4O2S. The highest BCUT2D eigenvalue weighted by Gasteiger charge is 2.20. The molecule has 0 aliphatic rings. The topological polar surface area (TPSA) is 79.9 Å². The summed E-state index contributed by atoms with van der Waals surface area (Å²) in [6, 6.07) is 12.2.